The first-order chi connectivity index (χ1) is 5.16. The van der Waals surface area contributed by atoms with Crippen molar-refractivity contribution in [2.24, 2.45) is 0 Å². The maximum Gasteiger partial charge on any atom is 0.101 e. The second kappa shape index (κ2) is 3.36. The Hall–Kier alpha value is -0.360. The molecule has 0 radical (unpaired) electrons. The van der Waals surface area contributed by atoms with Crippen LogP contribution in [0.25, 0.3) is 0 Å². The third-order valence-corrected chi connectivity index (χ3v) is 2.57. The number of rotatable bonds is 0. The predicted octanol–water partition coefficient (Wildman–Crippen LogP) is 3.15. The Kier molecular flexibility index (Phi) is 2.67. The fourth-order valence-corrected chi connectivity index (χ4v) is 1.25. The number of nitrogens with zero attached hydrogens (tertiary/aromatic N) is 1. The summed E-state index contributed by atoms with van der Waals surface area (Å²) in [5.41, 5.74) is 0.370. The molecule has 0 atom stereocenters. The molecule has 0 aliphatic rings. The molecule has 0 saturated heterocycles. The Balaban J connectivity index is 3.40. The van der Waals surface area contributed by atoms with Gasteiger partial charge in [-0.15, -0.1) is 12.6 Å². The van der Waals surface area contributed by atoms with Crippen molar-refractivity contribution in [2.75, 3.05) is 0 Å². The smallest absolute Gasteiger partial charge is 0.101 e. The molecule has 0 amide bonds. The van der Waals surface area contributed by atoms with Crippen LogP contribution in [0.1, 0.15) is 5.56 Å². The molecule has 0 saturated carbocycles. The van der Waals surface area contributed by atoms with Crippen LogP contribution in [0.4, 0.5) is 0 Å². The summed E-state index contributed by atoms with van der Waals surface area (Å²) in [5.74, 6) is 0. The molecular formula is C7H3Cl2NS. The predicted molar refractivity (Wildman–Crippen MR) is 48.4 cm³/mol. The van der Waals surface area contributed by atoms with Crippen molar-refractivity contribution in [2.45, 2.75) is 4.90 Å². The Morgan fingerprint density at radius 1 is 1.27 bits per heavy atom. The van der Waals surface area contributed by atoms with Gasteiger partial charge in [-0.3, -0.25) is 0 Å². The normalized spacial score (nSPS) is 9.27. The van der Waals surface area contributed by atoms with Crippen LogP contribution < -0.4 is 0 Å². The Labute approximate surface area is 80.0 Å². The average Bonchev–Trinajstić information content (AvgIpc) is 2.01. The summed E-state index contributed by atoms with van der Waals surface area (Å²) in [6.45, 7) is 0. The molecule has 1 rings (SSSR count). The Morgan fingerprint density at radius 3 is 2.45 bits per heavy atom. The summed E-state index contributed by atoms with van der Waals surface area (Å²) in [4.78, 5) is 0.579. The number of hydrogen-bond donors (Lipinski definition) is 1. The van der Waals surface area contributed by atoms with Gasteiger partial charge in [0.2, 0.25) is 0 Å². The van der Waals surface area contributed by atoms with E-state index in [9.17, 15) is 0 Å². The van der Waals surface area contributed by atoms with Gasteiger partial charge >= 0.3 is 0 Å². The van der Waals surface area contributed by atoms with Crippen LogP contribution in [0.15, 0.2) is 17.0 Å². The standard InChI is InChI=1S/C7H3Cl2NS/c8-6-4(3-10)1-2-5(11)7(6)9/h1-2,11H. The first kappa shape index (κ1) is 8.73. The van der Waals surface area contributed by atoms with E-state index in [1.165, 1.54) is 0 Å². The second-order valence-corrected chi connectivity index (χ2v) is 3.11. The van der Waals surface area contributed by atoms with E-state index in [0.717, 1.165) is 0 Å². The van der Waals surface area contributed by atoms with Crippen molar-refractivity contribution in [3.8, 4) is 6.07 Å². The zero-order valence-corrected chi connectivity index (χ0v) is 7.71. The maximum atomic E-state index is 8.52. The molecule has 0 bridgehead atoms. The van der Waals surface area contributed by atoms with Gasteiger partial charge in [-0.2, -0.15) is 5.26 Å². The summed E-state index contributed by atoms with van der Waals surface area (Å²) >= 11 is 15.4. The van der Waals surface area contributed by atoms with E-state index in [4.69, 9.17) is 28.5 Å². The van der Waals surface area contributed by atoms with Crippen LogP contribution in [0.5, 0.6) is 0 Å². The zero-order chi connectivity index (χ0) is 8.43. The van der Waals surface area contributed by atoms with Gasteiger partial charge in [-0.05, 0) is 12.1 Å². The van der Waals surface area contributed by atoms with E-state index in [-0.39, 0.29) is 5.02 Å². The molecule has 4 heteroatoms. The molecule has 0 spiro atoms. The van der Waals surface area contributed by atoms with Crippen molar-refractivity contribution >= 4 is 35.8 Å². The van der Waals surface area contributed by atoms with Crippen molar-refractivity contribution in [3.63, 3.8) is 0 Å². The largest absolute Gasteiger partial charge is 0.192 e. The summed E-state index contributed by atoms with van der Waals surface area (Å²) < 4.78 is 0. The molecule has 0 aromatic heterocycles. The number of nitriles is 1. The summed E-state index contributed by atoms with van der Waals surface area (Å²) in [5, 5.41) is 9.11. The van der Waals surface area contributed by atoms with Crippen LogP contribution in [0.3, 0.4) is 0 Å². The van der Waals surface area contributed by atoms with Gasteiger partial charge in [0.25, 0.3) is 0 Å². The minimum atomic E-state index is 0.265. The van der Waals surface area contributed by atoms with Crippen LogP contribution in [0.2, 0.25) is 10.0 Å². The first-order valence-electron chi connectivity index (χ1n) is 2.74. The SMILES string of the molecule is N#Cc1ccc(S)c(Cl)c1Cl. The molecule has 0 unspecified atom stereocenters. The number of halogens is 2. The molecule has 56 valence electrons. The topological polar surface area (TPSA) is 23.8 Å². The van der Waals surface area contributed by atoms with Gasteiger partial charge in [-0.1, -0.05) is 23.2 Å². The lowest BCUT2D eigenvalue weighted by Gasteiger charge is -1.99. The van der Waals surface area contributed by atoms with E-state index in [1.807, 2.05) is 6.07 Å². The minimum absolute atomic E-state index is 0.265. The van der Waals surface area contributed by atoms with Gasteiger partial charge in [0, 0.05) is 4.90 Å². The van der Waals surface area contributed by atoms with Crippen LogP contribution in [0, 0.1) is 11.3 Å². The lowest BCUT2D eigenvalue weighted by molar-refractivity contribution is 1.42. The lowest BCUT2D eigenvalue weighted by atomic mass is 10.2. The van der Waals surface area contributed by atoms with Crippen molar-refractivity contribution in [1.82, 2.24) is 0 Å². The molecule has 1 aromatic carbocycles. The van der Waals surface area contributed by atoms with Crippen LogP contribution in [-0.4, -0.2) is 0 Å². The highest BCUT2D eigenvalue weighted by Crippen LogP contribution is 2.30. The second-order valence-electron chi connectivity index (χ2n) is 1.87. The monoisotopic (exact) mass is 203 g/mol. The highest BCUT2D eigenvalue weighted by Gasteiger charge is 2.06. The molecule has 0 heterocycles. The first-order valence-corrected chi connectivity index (χ1v) is 3.94. The van der Waals surface area contributed by atoms with E-state index < -0.39 is 0 Å². The molecule has 11 heavy (non-hydrogen) atoms. The highest BCUT2D eigenvalue weighted by molar-refractivity contribution is 7.80. The lowest BCUT2D eigenvalue weighted by Crippen LogP contribution is -1.79. The van der Waals surface area contributed by atoms with Crippen molar-refractivity contribution < 1.29 is 0 Å². The summed E-state index contributed by atoms with van der Waals surface area (Å²) in [7, 11) is 0. The van der Waals surface area contributed by atoms with Crippen LogP contribution in [-0.2, 0) is 0 Å². The van der Waals surface area contributed by atoms with Gasteiger partial charge in [0.05, 0.1) is 15.6 Å². The van der Waals surface area contributed by atoms with E-state index in [2.05, 4.69) is 12.6 Å². The Morgan fingerprint density at radius 2 is 1.91 bits per heavy atom. The van der Waals surface area contributed by atoms with E-state index >= 15 is 0 Å². The summed E-state index contributed by atoms with van der Waals surface area (Å²) in [6, 6.07) is 5.13. The fraction of sp³-hybridized carbons (Fsp3) is 0. The third kappa shape index (κ3) is 1.62. The number of hydrogen-bond acceptors (Lipinski definition) is 2. The molecule has 1 aromatic rings. The number of thiol groups is 1. The molecule has 1 nitrogen and oxygen atoms in total. The molecule has 0 aliphatic carbocycles. The quantitative estimate of drug-likeness (QED) is 0.644. The molecule has 0 fully saturated rings. The van der Waals surface area contributed by atoms with Gasteiger partial charge in [0.1, 0.15) is 6.07 Å². The molecular weight excluding hydrogens is 201 g/mol. The average molecular weight is 204 g/mol. The van der Waals surface area contributed by atoms with Gasteiger partial charge in [0.15, 0.2) is 0 Å². The van der Waals surface area contributed by atoms with Gasteiger partial charge in [-0.25, -0.2) is 0 Å². The summed E-state index contributed by atoms with van der Waals surface area (Å²) in [6.07, 6.45) is 0. The van der Waals surface area contributed by atoms with E-state index in [0.29, 0.717) is 15.5 Å². The maximum absolute atomic E-state index is 8.52. The van der Waals surface area contributed by atoms with Crippen molar-refractivity contribution in [1.29, 1.82) is 5.26 Å². The zero-order valence-electron chi connectivity index (χ0n) is 5.31. The van der Waals surface area contributed by atoms with E-state index in [1.54, 1.807) is 12.1 Å². The highest BCUT2D eigenvalue weighted by atomic mass is 35.5. The molecule has 0 N–H and O–H groups in total. The molecule has 0 aliphatic heterocycles. The fourth-order valence-electron chi connectivity index (χ4n) is 0.626. The number of benzene rings is 1. The third-order valence-electron chi connectivity index (χ3n) is 1.18. The van der Waals surface area contributed by atoms with Gasteiger partial charge < -0.3 is 0 Å². The minimum Gasteiger partial charge on any atom is -0.192 e. The van der Waals surface area contributed by atoms with Crippen molar-refractivity contribution in [3.05, 3.63) is 27.7 Å². The Bertz CT molecular complexity index is 330. The van der Waals surface area contributed by atoms with Crippen LogP contribution >= 0.6 is 35.8 Å².